The van der Waals surface area contributed by atoms with Crippen LogP contribution < -0.4 is 0 Å². The molecule has 99 valence electrons. The van der Waals surface area contributed by atoms with E-state index in [1.54, 1.807) is 6.20 Å². The Morgan fingerprint density at radius 2 is 2.11 bits per heavy atom. The molecule has 0 fully saturated rings. The van der Waals surface area contributed by atoms with Crippen molar-refractivity contribution in [1.29, 1.82) is 0 Å². The Hall–Kier alpha value is -0.843. The summed E-state index contributed by atoms with van der Waals surface area (Å²) in [5, 5.41) is 1.53. The molecule has 0 unspecified atom stereocenters. The van der Waals surface area contributed by atoms with Crippen molar-refractivity contribution in [1.82, 2.24) is 9.55 Å². The highest BCUT2D eigenvalue weighted by molar-refractivity contribution is 6.76. The highest BCUT2D eigenvalue weighted by Crippen LogP contribution is 2.22. The molecule has 0 saturated carbocycles. The van der Waals surface area contributed by atoms with Gasteiger partial charge in [-0.1, -0.05) is 11.6 Å². The average Bonchev–Trinajstić information content (AvgIpc) is 2.68. The van der Waals surface area contributed by atoms with Crippen LogP contribution in [0.3, 0.4) is 0 Å². The van der Waals surface area contributed by atoms with Crippen LogP contribution in [0.5, 0.6) is 0 Å². The van der Waals surface area contributed by atoms with Gasteiger partial charge < -0.3 is 9.30 Å². The second kappa shape index (κ2) is 5.43. The third kappa shape index (κ3) is 3.34. The molecule has 0 aliphatic carbocycles. The third-order valence-corrected chi connectivity index (χ3v) is 4.88. The largest absolute Gasteiger partial charge is 0.364 e. The normalized spacial score (nSPS) is 12.2. The lowest BCUT2D eigenvalue weighted by atomic mass is 10.3. The third-order valence-electron chi connectivity index (χ3n) is 2.88. The van der Waals surface area contributed by atoms with Crippen LogP contribution in [-0.4, -0.2) is 24.2 Å². The van der Waals surface area contributed by atoms with Crippen molar-refractivity contribution in [2.75, 3.05) is 6.61 Å². The molecule has 2 aromatic heterocycles. The molecule has 0 saturated heterocycles. The van der Waals surface area contributed by atoms with E-state index < -0.39 is 8.07 Å². The van der Waals surface area contributed by atoms with Gasteiger partial charge in [-0.3, -0.25) is 0 Å². The summed E-state index contributed by atoms with van der Waals surface area (Å²) in [7, 11) is -1.01. The van der Waals surface area contributed by atoms with Crippen molar-refractivity contribution in [3.05, 3.63) is 29.7 Å². The number of nitrogens with zero attached hydrogens (tertiary/aromatic N) is 2. The smallest absolute Gasteiger partial charge is 0.138 e. The maximum Gasteiger partial charge on any atom is 0.138 e. The lowest BCUT2D eigenvalue weighted by molar-refractivity contribution is 0.0902. The van der Waals surface area contributed by atoms with Gasteiger partial charge in [-0.2, -0.15) is 19.6 Å². The molecule has 0 spiro atoms. The second-order valence-electron chi connectivity index (χ2n) is 5.67. The fourth-order valence-electron chi connectivity index (χ4n) is 1.74. The van der Waals surface area contributed by atoms with Crippen LogP contribution >= 0.6 is 11.6 Å². The van der Waals surface area contributed by atoms with E-state index in [2.05, 4.69) is 29.2 Å². The Kier molecular flexibility index (Phi) is 4.09. The summed E-state index contributed by atoms with van der Waals surface area (Å²) in [5.74, 6) is 0. The molecule has 0 bridgehead atoms. The molecule has 2 rings (SSSR count). The summed E-state index contributed by atoms with van der Waals surface area (Å²) >= 11 is 6.03. The van der Waals surface area contributed by atoms with E-state index in [9.17, 15) is 0 Å². The maximum absolute atomic E-state index is 6.03. The van der Waals surface area contributed by atoms with Crippen LogP contribution in [-0.2, 0) is 11.5 Å². The minimum Gasteiger partial charge on any atom is -0.364 e. The molecule has 2 aromatic rings. The van der Waals surface area contributed by atoms with E-state index >= 15 is 0 Å². The van der Waals surface area contributed by atoms with E-state index in [0.29, 0.717) is 11.9 Å². The van der Waals surface area contributed by atoms with Gasteiger partial charge in [0.25, 0.3) is 0 Å². The molecule has 0 N–H and O–H groups in total. The second-order valence-corrected chi connectivity index (χ2v) is 11.6. The Labute approximate surface area is 114 Å². The first-order chi connectivity index (χ1) is 8.47. The number of ether oxygens (including phenoxy) is 1. The Morgan fingerprint density at radius 1 is 1.33 bits per heavy atom. The van der Waals surface area contributed by atoms with Crippen LogP contribution in [0.15, 0.2) is 24.5 Å². The zero-order chi connectivity index (χ0) is 13.2. The van der Waals surface area contributed by atoms with E-state index in [0.717, 1.165) is 17.5 Å². The van der Waals surface area contributed by atoms with E-state index in [1.807, 2.05) is 18.3 Å². The van der Waals surface area contributed by atoms with Gasteiger partial charge in [0.1, 0.15) is 11.9 Å². The molecule has 3 nitrogen and oxygen atoms in total. The molecule has 0 amide bonds. The fraction of sp³-hybridized carbons (Fsp3) is 0.462. The SMILES string of the molecule is C[Si-](C)(C)CCOCn1ccc2c(Cl)nccc21. The first kappa shape index (κ1) is 13.6. The van der Waals surface area contributed by atoms with Crippen molar-refractivity contribution in [3.63, 3.8) is 0 Å². The van der Waals surface area contributed by atoms with Gasteiger partial charge in [0.05, 0.1) is 5.52 Å². The van der Waals surface area contributed by atoms with Crippen LogP contribution in [0.1, 0.15) is 0 Å². The summed E-state index contributed by atoms with van der Waals surface area (Å²) in [4.78, 5) is 4.07. The Morgan fingerprint density at radius 3 is 2.83 bits per heavy atom. The minimum absolute atomic E-state index is 0.549. The van der Waals surface area contributed by atoms with Crippen LogP contribution in [0.4, 0.5) is 0 Å². The maximum atomic E-state index is 6.03. The lowest BCUT2D eigenvalue weighted by Crippen LogP contribution is -2.21. The number of fused-ring (bicyclic) bond motifs is 1. The molecule has 0 aliphatic heterocycles. The number of hydrogen-bond donors (Lipinski definition) is 0. The predicted octanol–water partition coefficient (Wildman–Crippen LogP) is 4.00. The van der Waals surface area contributed by atoms with Gasteiger partial charge in [-0.25, -0.2) is 4.98 Å². The van der Waals surface area contributed by atoms with Crippen LogP contribution in [0, 0.1) is 0 Å². The van der Waals surface area contributed by atoms with Crippen molar-refractivity contribution in [2.45, 2.75) is 32.4 Å². The topological polar surface area (TPSA) is 27.1 Å². The highest BCUT2D eigenvalue weighted by Gasteiger charge is 2.05. The summed E-state index contributed by atoms with van der Waals surface area (Å²) in [6.07, 6.45) is 3.72. The predicted molar refractivity (Wildman–Crippen MR) is 78.8 cm³/mol. The van der Waals surface area contributed by atoms with E-state index in [-0.39, 0.29) is 0 Å². The first-order valence-electron chi connectivity index (χ1n) is 6.14. The molecule has 0 atom stereocenters. The van der Waals surface area contributed by atoms with Gasteiger partial charge >= 0.3 is 0 Å². The molecule has 0 radical (unpaired) electrons. The van der Waals surface area contributed by atoms with Crippen molar-refractivity contribution in [3.8, 4) is 0 Å². The van der Waals surface area contributed by atoms with Crippen molar-refractivity contribution >= 4 is 30.6 Å². The molecule has 0 aliphatic rings. The van der Waals surface area contributed by atoms with E-state index in [1.165, 1.54) is 6.04 Å². The summed E-state index contributed by atoms with van der Waals surface area (Å²) in [6, 6.07) is 5.13. The fourth-order valence-corrected chi connectivity index (χ4v) is 2.71. The van der Waals surface area contributed by atoms with E-state index in [4.69, 9.17) is 16.3 Å². The first-order valence-corrected chi connectivity index (χ1v) is 10.2. The Bertz CT molecular complexity index is 533. The number of pyridine rings is 1. The number of halogens is 1. The quantitative estimate of drug-likeness (QED) is 0.471. The standard InChI is InChI=1S/C13H19ClN2OSi/c1-18(2,3)9-8-17-10-16-7-5-11-12(16)4-6-15-13(11)14/h4-7H,8-10H2,1-3H3/q-1. The van der Waals surface area contributed by atoms with Crippen LogP contribution in [0.2, 0.25) is 30.8 Å². The zero-order valence-electron chi connectivity index (χ0n) is 11.1. The van der Waals surface area contributed by atoms with Crippen molar-refractivity contribution in [2.24, 2.45) is 0 Å². The molecule has 5 heteroatoms. The molecule has 0 aromatic carbocycles. The van der Waals surface area contributed by atoms with Gasteiger partial charge in [0.2, 0.25) is 0 Å². The van der Waals surface area contributed by atoms with Crippen molar-refractivity contribution < 1.29 is 4.74 Å². The molecule has 2 heterocycles. The molecular formula is C13H19ClN2OSi-. The molecule has 18 heavy (non-hydrogen) atoms. The number of aromatic nitrogens is 2. The van der Waals surface area contributed by atoms with Gasteiger partial charge in [0, 0.05) is 24.4 Å². The Balaban J connectivity index is 1.98. The number of rotatable bonds is 5. The van der Waals surface area contributed by atoms with Gasteiger partial charge in [-0.05, 0) is 12.1 Å². The monoisotopic (exact) mass is 282 g/mol. The van der Waals surface area contributed by atoms with Gasteiger partial charge in [0.15, 0.2) is 0 Å². The summed E-state index contributed by atoms with van der Waals surface area (Å²) in [6.45, 7) is 8.47. The lowest BCUT2D eigenvalue weighted by Gasteiger charge is -2.26. The minimum atomic E-state index is -1.01. The number of hydrogen-bond acceptors (Lipinski definition) is 2. The zero-order valence-corrected chi connectivity index (χ0v) is 12.9. The average molecular weight is 283 g/mol. The summed E-state index contributed by atoms with van der Waals surface area (Å²) in [5.41, 5.74) is 1.07. The van der Waals surface area contributed by atoms with Gasteiger partial charge in [-0.15, -0.1) is 14.1 Å². The van der Waals surface area contributed by atoms with Crippen LogP contribution in [0.25, 0.3) is 10.9 Å². The molecular weight excluding hydrogens is 264 g/mol. The summed E-state index contributed by atoms with van der Waals surface area (Å²) < 4.78 is 7.80. The highest BCUT2D eigenvalue weighted by atomic mass is 35.5.